The first-order valence-electron chi connectivity index (χ1n) is 8.67. The lowest BCUT2D eigenvalue weighted by atomic mass is 10.2. The van der Waals surface area contributed by atoms with Gasteiger partial charge in [-0.2, -0.15) is 0 Å². The number of nitrogens with one attached hydrogen (secondary N) is 1. The van der Waals surface area contributed by atoms with E-state index in [-0.39, 0.29) is 24.0 Å². The van der Waals surface area contributed by atoms with E-state index < -0.39 is 0 Å². The van der Waals surface area contributed by atoms with Gasteiger partial charge in [0.1, 0.15) is 11.6 Å². The highest BCUT2D eigenvalue weighted by Crippen LogP contribution is 2.19. The molecule has 0 amide bonds. The van der Waals surface area contributed by atoms with Gasteiger partial charge in [-0.15, -0.1) is 34.2 Å². The lowest BCUT2D eigenvalue weighted by molar-refractivity contribution is 0.395. The number of ether oxygens (including phenoxy) is 1. The molecule has 0 aliphatic carbocycles. The molecule has 26 heavy (non-hydrogen) atoms. The highest BCUT2D eigenvalue weighted by Gasteiger charge is 2.16. The molecule has 0 fully saturated rings. The summed E-state index contributed by atoms with van der Waals surface area (Å²) in [5, 5.41) is 12.0. The molecule has 1 aromatic carbocycles. The van der Waals surface area contributed by atoms with Crippen molar-refractivity contribution in [3.05, 3.63) is 41.5 Å². The third-order valence-electron chi connectivity index (χ3n) is 4.51. The van der Waals surface area contributed by atoms with Crippen molar-refractivity contribution in [2.24, 2.45) is 4.99 Å². The predicted molar refractivity (Wildman–Crippen MR) is 113 cm³/mol. The zero-order valence-electron chi connectivity index (χ0n) is 15.6. The van der Waals surface area contributed by atoms with Gasteiger partial charge in [-0.25, -0.2) is 0 Å². The second-order valence-corrected chi connectivity index (χ2v) is 6.21. The molecule has 7 nitrogen and oxygen atoms in total. The largest absolute Gasteiger partial charge is 0.496 e. The molecule has 0 saturated heterocycles. The molecule has 0 radical (unpaired) electrons. The summed E-state index contributed by atoms with van der Waals surface area (Å²) in [7, 11) is 5.50. The molecule has 0 unspecified atom stereocenters. The summed E-state index contributed by atoms with van der Waals surface area (Å²) < 4.78 is 7.66. The van der Waals surface area contributed by atoms with E-state index in [0.29, 0.717) is 13.1 Å². The molecular weight excluding hydrogens is 443 g/mol. The van der Waals surface area contributed by atoms with Gasteiger partial charge in [-0.3, -0.25) is 4.99 Å². The number of halogens is 1. The molecule has 1 N–H and O–H groups in total. The van der Waals surface area contributed by atoms with E-state index in [4.69, 9.17) is 4.74 Å². The van der Waals surface area contributed by atoms with Crippen LogP contribution in [0.4, 0.5) is 0 Å². The van der Waals surface area contributed by atoms with Crippen LogP contribution in [0.1, 0.15) is 30.1 Å². The van der Waals surface area contributed by atoms with E-state index >= 15 is 0 Å². The molecule has 8 heteroatoms. The van der Waals surface area contributed by atoms with Gasteiger partial charge in [-0.05, 0) is 18.9 Å². The zero-order chi connectivity index (χ0) is 17.6. The maximum atomic E-state index is 5.43. The van der Waals surface area contributed by atoms with Crippen molar-refractivity contribution in [2.45, 2.75) is 38.9 Å². The van der Waals surface area contributed by atoms with Crippen LogP contribution < -0.4 is 10.1 Å². The van der Waals surface area contributed by atoms with Crippen LogP contribution in [0.15, 0.2) is 29.3 Å². The first-order valence-corrected chi connectivity index (χ1v) is 8.67. The number of methoxy groups -OCH3 is 1. The van der Waals surface area contributed by atoms with Crippen molar-refractivity contribution >= 4 is 29.9 Å². The number of benzene rings is 1. The van der Waals surface area contributed by atoms with Gasteiger partial charge < -0.3 is 19.5 Å². The predicted octanol–water partition coefficient (Wildman–Crippen LogP) is 2.45. The van der Waals surface area contributed by atoms with Crippen LogP contribution in [0.2, 0.25) is 0 Å². The minimum absolute atomic E-state index is 0. The Hall–Kier alpha value is -1.84. The van der Waals surface area contributed by atoms with Gasteiger partial charge in [0.25, 0.3) is 0 Å². The zero-order valence-corrected chi connectivity index (χ0v) is 17.9. The van der Waals surface area contributed by atoms with Gasteiger partial charge in [0.05, 0.1) is 13.7 Å². The van der Waals surface area contributed by atoms with Crippen molar-refractivity contribution in [1.82, 2.24) is 25.0 Å². The number of para-hydroxylation sites is 1. The Bertz CT molecular complexity index is 745. The summed E-state index contributed by atoms with van der Waals surface area (Å²) >= 11 is 0. The molecule has 0 atom stereocenters. The number of aromatic nitrogens is 3. The van der Waals surface area contributed by atoms with Crippen LogP contribution in [0.3, 0.4) is 0 Å². The SMILES string of the molecule is CN=C(NCc1nnc2n1CCCC2)N(C)Cc1ccccc1OC.I. The van der Waals surface area contributed by atoms with E-state index in [1.165, 1.54) is 12.8 Å². The standard InChI is InChI=1S/C18H26N6O.HI/c1-19-18(23(2)13-14-8-4-5-9-15(14)25-3)20-12-17-22-21-16-10-6-7-11-24(16)17;/h4-5,8-9H,6-7,10-13H2,1-3H3,(H,19,20);1H. The fourth-order valence-electron chi connectivity index (χ4n) is 3.21. The number of hydrogen-bond acceptors (Lipinski definition) is 4. The average Bonchev–Trinajstić information content (AvgIpc) is 3.06. The molecule has 0 bridgehead atoms. The molecule has 0 saturated carbocycles. The van der Waals surface area contributed by atoms with Crippen LogP contribution >= 0.6 is 24.0 Å². The lowest BCUT2D eigenvalue weighted by Gasteiger charge is -2.23. The number of aliphatic imine (C=N–C) groups is 1. The molecule has 1 aliphatic rings. The van der Waals surface area contributed by atoms with Crippen LogP contribution in [0.25, 0.3) is 0 Å². The Morgan fingerprint density at radius 1 is 1.31 bits per heavy atom. The number of fused-ring (bicyclic) bond motifs is 1. The summed E-state index contributed by atoms with van der Waals surface area (Å²) in [6, 6.07) is 8.04. The molecule has 142 valence electrons. The van der Waals surface area contributed by atoms with Crippen LogP contribution in [-0.2, 0) is 26.1 Å². The fourth-order valence-corrected chi connectivity index (χ4v) is 3.21. The number of aryl methyl sites for hydroxylation is 1. The Morgan fingerprint density at radius 3 is 2.88 bits per heavy atom. The number of hydrogen-bond donors (Lipinski definition) is 1. The molecular formula is C18H27IN6O. The Labute approximate surface area is 171 Å². The topological polar surface area (TPSA) is 67.6 Å². The molecule has 1 aliphatic heterocycles. The minimum atomic E-state index is 0. The smallest absolute Gasteiger partial charge is 0.194 e. The third-order valence-corrected chi connectivity index (χ3v) is 4.51. The van der Waals surface area contributed by atoms with Crippen molar-refractivity contribution < 1.29 is 4.74 Å². The van der Waals surface area contributed by atoms with Crippen LogP contribution in [-0.4, -0.2) is 46.8 Å². The van der Waals surface area contributed by atoms with E-state index in [0.717, 1.165) is 41.9 Å². The van der Waals surface area contributed by atoms with Gasteiger partial charge in [0.2, 0.25) is 0 Å². The molecule has 1 aromatic heterocycles. The van der Waals surface area contributed by atoms with E-state index in [9.17, 15) is 0 Å². The molecule has 0 spiro atoms. The Balaban J connectivity index is 0.00000243. The van der Waals surface area contributed by atoms with Crippen molar-refractivity contribution in [3.63, 3.8) is 0 Å². The summed E-state index contributed by atoms with van der Waals surface area (Å²) in [4.78, 5) is 6.46. The molecule has 3 rings (SSSR count). The van der Waals surface area contributed by atoms with Gasteiger partial charge >= 0.3 is 0 Å². The Kier molecular flexibility index (Phi) is 7.67. The van der Waals surface area contributed by atoms with Gasteiger partial charge in [0.15, 0.2) is 11.8 Å². The third kappa shape index (κ3) is 4.66. The number of rotatable bonds is 5. The lowest BCUT2D eigenvalue weighted by Crippen LogP contribution is -2.38. The maximum Gasteiger partial charge on any atom is 0.194 e. The minimum Gasteiger partial charge on any atom is -0.496 e. The van der Waals surface area contributed by atoms with E-state index in [2.05, 4.69) is 36.0 Å². The van der Waals surface area contributed by atoms with Crippen LogP contribution in [0.5, 0.6) is 5.75 Å². The fraction of sp³-hybridized carbons (Fsp3) is 0.500. The van der Waals surface area contributed by atoms with Gasteiger partial charge in [-0.1, -0.05) is 18.2 Å². The average molecular weight is 470 g/mol. The highest BCUT2D eigenvalue weighted by atomic mass is 127. The van der Waals surface area contributed by atoms with Crippen LogP contribution in [0, 0.1) is 0 Å². The summed E-state index contributed by atoms with van der Waals surface area (Å²) in [5.74, 6) is 3.78. The summed E-state index contributed by atoms with van der Waals surface area (Å²) in [6.45, 7) is 2.34. The normalized spacial score (nSPS) is 13.6. The molecule has 2 aromatic rings. The number of nitrogens with zero attached hydrogens (tertiary/aromatic N) is 5. The molecule has 2 heterocycles. The second-order valence-electron chi connectivity index (χ2n) is 6.21. The monoisotopic (exact) mass is 470 g/mol. The van der Waals surface area contributed by atoms with Crippen molar-refractivity contribution in [3.8, 4) is 5.75 Å². The van der Waals surface area contributed by atoms with E-state index in [1.807, 2.05) is 25.2 Å². The van der Waals surface area contributed by atoms with E-state index in [1.54, 1.807) is 14.2 Å². The van der Waals surface area contributed by atoms with Gasteiger partial charge in [0, 0.05) is 39.2 Å². The van der Waals surface area contributed by atoms with Crippen molar-refractivity contribution in [2.75, 3.05) is 21.2 Å². The summed E-state index contributed by atoms with van der Waals surface area (Å²) in [5.41, 5.74) is 1.12. The summed E-state index contributed by atoms with van der Waals surface area (Å²) in [6.07, 6.45) is 3.42. The first-order chi connectivity index (χ1) is 12.2. The highest BCUT2D eigenvalue weighted by molar-refractivity contribution is 14.0. The number of guanidine groups is 1. The first kappa shape index (κ1) is 20.5. The Morgan fingerprint density at radius 2 is 2.12 bits per heavy atom. The maximum absolute atomic E-state index is 5.43. The second kappa shape index (κ2) is 9.75. The quantitative estimate of drug-likeness (QED) is 0.413. The van der Waals surface area contributed by atoms with Crippen molar-refractivity contribution in [1.29, 1.82) is 0 Å².